The van der Waals surface area contributed by atoms with E-state index in [0.717, 1.165) is 19.3 Å². The Bertz CT molecular complexity index is 440. The van der Waals surface area contributed by atoms with Crippen molar-refractivity contribution >= 4 is 5.97 Å². The molecule has 2 atom stereocenters. The Morgan fingerprint density at radius 3 is 2.38 bits per heavy atom. The molecule has 152 valence electrons. The lowest BCUT2D eigenvalue weighted by molar-refractivity contribution is -0.169. The van der Waals surface area contributed by atoms with Crippen LogP contribution in [0.5, 0.6) is 0 Å². The zero-order valence-electron chi connectivity index (χ0n) is 16.1. The zero-order chi connectivity index (χ0) is 19.4. The topological polar surface area (TPSA) is 54.0 Å². The Morgan fingerprint density at radius 2 is 1.77 bits per heavy atom. The summed E-state index contributed by atoms with van der Waals surface area (Å²) in [6.45, 7) is 6.33. The molecule has 0 bridgehead atoms. The first kappa shape index (κ1) is 22.8. The summed E-state index contributed by atoms with van der Waals surface area (Å²) < 4.78 is 48.1. The van der Waals surface area contributed by atoms with Crippen LogP contribution in [-0.4, -0.2) is 44.6 Å². The first-order chi connectivity index (χ1) is 12.5. The fourth-order valence-corrected chi connectivity index (χ4v) is 2.87. The smallest absolute Gasteiger partial charge is 0.340 e. The number of alkyl halides is 2. The van der Waals surface area contributed by atoms with Crippen LogP contribution in [0.1, 0.15) is 65.7 Å². The molecule has 0 aliphatic carbocycles. The summed E-state index contributed by atoms with van der Waals surface area (Å²) in [5, 5.41) is 0. The van der Waals surface area contributed by atoms with Gasteiger partial charge in [-0.3, -0.25) is 0 Å². The predicted octanol–water partition coefficient (Wildman–Crippen LogP) is 4.60. The molecule has 0 spiro atoms. The second-order valence-electron chi connectivity index (χ2n) is 6.16. The summed E-state index contributed by atoms with van der Waals surface area (Å²) in [5.41, 5.74) is -0.233. The van der Waals surface area contributed by atoms with Crippen molar-refractivity contribution in [3.05, 3.63) is 11.3 Å². The molecule has 5 nitrogen and oxygen atoms in total. The first-order valence-electron chi connectivity index (χ1n) is 9.64. The molecule has 26 heavy (non-hydrogen) atoms. The molecule has 1 rings (SSSR count). The molecule has 0 saturated carbocycles. The van der Waals surface area contributed by atoms with Crippen LogP contribution in [0, 0.1) is 0 Å². The van der Waals surface area contributed by atoms with Crippen molar-refractivity contribution in [3.63, 3.8) is 0 Å². The third-order valence-electron chi connectivity index (χ3n) is 4.12. The molecular weight excluding hydrogens is 346 g/mol. The van der Waals surface area contributed by atoms with Gasteiger partial charge in [0.05, 0.1) is 19.3 Å². The average molecular weight is 378 g/mol. The van der Waals surface area contributed by atoms with Crippen molar-refractivity contribution in [2.75, 3.05) is 19.8 Å². The summed E-state index contributed by atoms with van der Waals surface area (Å²) in [4.78, 5) is 12.1. The van der Waals surface area contributed by atoms with Crippen LogP contribution in [0.2, 0.25) is 0 Å². The van der Waals surface area contributed by atoms with Crippen molar-refractivity contribution in [2.45, 2.75) is 84.5 Å². The number of rotatable bonds is 13. The second kappa shape index (κ2) is 13.0. The fourth-order valence-electron chi connectivity index (χ4n) is 2.87. The number of halogens is 2. The number of carbonyl (C=O) groups is 1. The van der Waals surface area contributed by atoms with Crippen LogP contribution in [-0.2, 0) is 23.7 Å². The van der Waals surface area contributed by atoms with Gasteiger partial charge < -0.3 is 18.9 Å². The predicted molar refractivity (Wildman–Crippen MR) is 93.9 cm³/mol. The lowest BCUT2D eigenvalue weighted by atomic mass is 10.0. The van der Waals surface area contributed by atoms with Gasteiger partial charge in [-0.1, -0.05) is 39.0 Å². The summed E-state index contributed by atoms with van der Waals surface area (Å²) >= 11 is 0. The minimum Gasteiger partial charge on any atom is -0.462 e. The van der Waals surface area contributed by atoms with E-state index in [4.69, 9.17) is 18.9 Å². The maximum atomic E-state index is 13.4. The molecule has 1 heterocycles. The molecule has 0 aromatic carbocycles. The standard InChI is InChI=1S/C19H32F2O5/c1-4-7-8-9-10-11-12-25-15-13-14(23-5-2)16(19(22)24-6-3)17(26-15)18(20)21/h14-15,18H,4-13H2,1-3H3. The number of allylic oxidation sites excluding steroid dienone is 1. The van der Waals surface area contributed by atoms with E-state index in [-0.39, 0.29) is 25.2 Å². The molecule has 0 aromatic heterocycles. The SMILES string of the molecule is CCCCCCCCOC1CC(OCC)C(C(=O)OCC)=C(C(F)F)O1. The Kier molecular flexibility index (Phi) is 11.4. The van der Waals surface area contributed by atoms with Gasteiger partial charge in [-0.15, -0.1) is 0 Å². The highest BCUT2D eigenvalue weighted by molar-refractivity contribution is 5.90. The molecule has 0 fully saturated rings. The van der Waals surface area contributed by atoms with Gasteiger partial charge in [0.2, 0.25) is 6.29 Å². The van der Waals surface area contributed by atoms with Crippen molar-refractivity contribution in [3.8, 4) is 0 Å². The maximum absolute atomic E-state index is 13.4. The molecule has 7 heteroatoms. The molecule has 1 aliphatic heterocycles. The highest BCUT2D eigenvalue weighted by atomic mass is 19.3. The van der Waals surface area contributed by atoms with Crippen molar-refractivity contribution < 1.29 is 32.5 Å². The van der Waals surface area contributed by atoms with Crippen LogP contribution in [0.25, 0.3) is 0 Å². The van der Waals surface area contributed by atoms with Gasteiger partial charge in [0.25, 0.3) is 6.43 Å². The van der Waals surface area contributed by atoms with Gasteiger partial charge in [-0.25, -0.2) is 13.6 Å². The van der Waals surface area contributed by atoms with E-state index in [2.05, 4.69) is 6.92 Å². The van der Waals surface area contributed by atoms with Gasteiger partial charge in [0, 0.05) is 13.0 Å². The van der Waals surface area contributed by atoms with Gasteiger partial charge in [-0.2, -0.15) is 0 Å². The molecule has 0 saturated heterocycles. The van der Waals surface area contributed by atoms with E-state index < -0.39 is 30.5 Å². The van der Waals surface area contributed by atoms with Gasteiger partial charge >= 0.3 is 5.97 Å². The highest BCUT2D eigenvalue weighted by Crippen LogP contribution is 2.32. The number of hydrogen-bond donors (Lipinski definition) is 0. The minimum atomic E-state index is -2.93. The van der Waals surface area contributed by atoms with E-state index >= 15 is 0 Å². The van der Waals surface area contributed by atoms with Crippen molar-refractivity contribution in [2.24, 2.45) is 0 Å². The zero-order valence-corrected chi connectivity index (χ0v) is 16.1. The Hall–Kier alpha value is -1.21. The number of esters is 1. The average Bonchev–Trinajstić information content (AvgIpc) is 2.61. The van der Waals surface area contributed by atoms with Crippen LogP contribution in [0.4, 0.5) is 8.78 Å². The van der Waals surface area contributed by atoms with Gasteiger partial charge in [0.15, 0.2) is 5.76 Å². The summed E-state index contributed by atoms with van der Waals surface area (Å²) in [6.07, 6.45) is 2.23. The summed E-state index contributed by atoms with van der Waals surface area (Å²) in [5.74, 6) is -1.52. The molecule has 0 amide bonds. The van der Waals surface area contributed by atoms with E-state index in [1.807, 2.05) is 0 Å². The van der Waals surface area contributed by atoms with E-state index in [0.29, 0.717) is 6.61 Å². The Morgan fingerprint density at radius 1 is 1.08 bits per heavy atom. The number of ether oxygens (including phenoxy) is 4. The number of unbranched alkanes of at least 4 members (excludes halogenated alkanes) is 5. The minimum absolute atomic E-state index is 0.0929. The lowest BCUT2D eigenvalue weighted by Gasteiger charge is -2.32. The molecule has 2 unspecified atom stereocenters. The third kappa shape index (κ3) is 7.58. The molecular formula is C19H32F2O5. The van der Waals surface area contributed by atoms with E-state index in [1.165, 1.54) is 19.3 Å². The summed E-state index contributed by atoms with van der Waals surface area (Å²) in [7, 11) is 0. The maximum Gasteiger partial charge on any atom is 0.340 e. The summed E-state index contributed by atoms with van der Waals surface area (Å²) in [6, 6.07) is 0. The fraction of sp³-hybridized carbons (Fsp3) is 0.842. The van der Waals surface area contributed by atoms with E-state index in [1.54, 1.807) is 13.8 Å². The normalized spacial score (nSPS) is 20.4. The van der Waals surface area contributed by atoms with Crippen LogP contribution < -0.4 is 0 Å². The van der Waals surface area contributed by atoms with Crippen LogP contribution in [0.3, 0.4) is 0 Å². The molecule has 1 aliphatic rings. The van der Waals surface area contributed by atoms with Crippen molar-refractivity contribution in [1.29, 1.82) is 0 Å². The van der Waals surface area contributed by atoms with Gasteiger partial charge in [0.1, 0.15) is 5.57 Å². The van der Waals surface area contributed by atoms with Crippen molar-refractivity contribution in [1.82, 2.24) is 0 Å². The van der Waals surface area contributed by atoms with Crippen LogP contribution >= 0.6 is 0 Å². The quantitative estimate of drug-likeness (QED) is 0.346. The molecule has 0 N–H and O–H groups in total. The number of carbonyl (C=O) groups excluding carboxylic acids is 1. The number of hydrogen-bond acceptors (Lipinski definition) is 5. The largest absolute Gasteiger partial charge is 0.462 e. The highest BCUT2D eigenvalue weighted by Gasteiger charge is 2.39. The Balaban J connectivity index is 2.65. The first-order valence-corrected chi connectivity index (χ1v) is 9.64. The Labute approximate surface area is 155 Å². The van der Waals surface area contributed by atoms with Gasteiger partial charge in [-0.05, 0) is 20.3 Å². The van der Waals surface area contributed by atoms with Crippen LogP contribution in [0.15, 0.2) is 11.3 Å². The molecule has 0 aromatic rings. The molecule has 0 radical (unpaired) electrons. The lowest BCUT2D eigenvalue weighted by Crippen LogP contribution is -2.38. The monoisotopic (exact) mass is 378 g/mol. The second-order valence-corrected chi connectivity index (χ2v) is 6.16. The third-order valence-corrected chi connectivity index (χ3v) is 4.12. The van der Waals surface area contributed by atoms with E-state index in [9.17, 15) is 13.6 Å².